The number of anilines is 1. The number of ether oxygens (including phenoxy) is 1. The second-order valence-corrected chi connectivity index (χ2v) is 6.71. The van der Waals surface area contributed by atoms with Gasteiger partial charge in [-0.25, -0.2) is 0 Å². The van der Waals surface area contributed by atoms with E-state index in [-0.39, 0.29) is 11.4 Å². The number of halogens is 2. The van der Waals surface area contributed by atoms with Crippen LogP contribution in [0, 0.1) is 0 Å². The van der Waals surface area contributed by atoms with Crippen LogP contribution in [0.2, 0.25) is 0 Å². The van der Waals surface area contributed by atoms with Crippen LogP contribution in [0.25, 0.3) is 0 Å². The van der Waals surface area contributed by atoms with Crippen molar-refractivity contribution in [1.29, 1.82) is 0 Å². The highest BCUT2D eigenvalue weighted by Crippen LogP contribution is 2.34. The van der Waals surface area contributed by atoms with Crippen molar-refractivity contribution in [2.45, 2.75) is 32.2 Å². The number of rotatable bonds is 5. The second kappa shape index (κ2) is 6.72. The molecule has 1 aromatic rings. The van der Waals surface area contributed by atoms with Gasteiger partial charge in [-0.2, -0.15) is 0 Å². The Morgan fingerprint density at radius 3 is 2.53 bits per heavy atom. The molecule has 106 valence electrons. The number of amides is 1. The molecule has 0 fully saturated rings. The Kier molecular flexibility index (Phi) is 5.82. The number of methoxy groups -OCH3 is 1. The number of hydrogen-bond donors (Lipinski definition) is 2. The lowest BCUT2D eigenvalue weighted by Gasteiger charge is -2.18. The van der Waals surface area contributed by atoms with Crippen LogP contribution in [-0.4, -0.2) is 18.6 Å². The molecule has 0 bridgehead atoms. The van der Waals surface area contributed by atoms with Gasteiger partial charge in [0.25, 0.3) is 0 Å². The second-order valence-electron chi connectivity index (χ2n) is 5.00. The standard InChI is InChI=1S/C13H18Br2N2O2/c1-13(2,16)5-4-12(18)17-10-7-11(19-3)9(15)6-8(10)14/h6-7H,4-5,16H2,1-3H3,(H,17,18). The van der Waals surface area contributed by atoms with Crippen molar-refractivity contribution >= 4 is 43.5 Å². The van der Waals surface area contributed by atoms with E-state index < -0.39 is 0 Å². The molecule has 0 unspecified atom stereocenters. The average Bonchev–Trinajstić information content (AvgIpc) is 2.29. The number of nitrogens with one attached hydrogen (secondary N) is 1. The quantitative estimate of drug-likeness (QED) is 0.801. The van der Waals surface area contributed by atoms with Crippen LogP contribution in [-0.2, 0) is 4.79 Å². The molecule has 3 N–H and O–H groups in total. The summed E-state index contributed by atoms with van der Waals surface area (Å²) in [6, 6.07) is 3.60. The summed E-state index contributed by atoms with van der Waals surface area (Å²) in [5.74, 6) is 0.598. The molecule has 0 aliphatic rings. The molecule has 0 aliphatic carbocycles. The highest BCUT2D eigenvalue weighted by atomic mass is 79.9. The first kappa shape index (κ1) is 16.5. The molecule has 1 amide bonds. The van der Waals surface area contributed by atoms with Crippen LogP contribution in [0.3, 0.4) is 0 Å². The molecule has 1 rings (SSSR count). The Balaban J connectivity index is 2.74. The molecule has 0 radical (unpaired) electrons. The van der Waals surface area contributed by atoms with Crippen molar-refractivity contribution in [3.05, 3.63) is 21.1 Å². The molecular weight excluding hydrogens is 376 g/mol. The summed E-state index contributed by atoms with van der Waals surface area (Å²) >= 11 is 6.78. The first-order valence-electron chi connectivity index (χ1n) is 5.84. The maximum absolute atomic E-state index is 11.9. The van der Waals surface area contributed by atoms with Crippen LogP contribution in [0.4, 0.5) is 5.69 Å². The van der Waals surface area contributed by atoms with Crippen molar-refractivity contribution in [2.75, 3.05) is 12.4 Å². The van der Waals surface area contributed by atoms with Gasteiger partial charge >= 0.3 is 0 Å². The zero-order valence-corrected chi connectivity index (χ0v) is 14.4. The third-order valence-electron chi connectivity index (χ3n) is 2.51. The number of carbonyl (C=O) groups is 1. The lowest BCUT2D eigenvalue weighted by molar-refractivity contribution is -0.116. The van der Waals surface area contributed by atoms with Gasteiger partial charge in [0, 0.05) is 22.5 Å². The van der Waals surface area contributed by atoms with E-state index in [1.54, 1.807) is 13.2 Å². The van der Waals surface area contributed by atoms with Gasteiger partial charge in [-0.05, 0) is 58.2 Å². The van der Waals surface area contributed by atoms with Crippen LogP contribution >= 0.6 is 31.9 Å². The SMILES string of the molecule is COc1cc(NC(=O)CCC(C)(C)N)c(Br)cc1Br. The smallest absolute Gasteiger partial charge is 0.224 e. The zero-order valence-electron chi connectivity index (χ0n) is 11.2. The third-order valence-corrected chi connectivity index (χ3v) is 3.79. The fourth-order valence-corrected chi connectivity index (χ4v) is 2.68. The number of carbonyl (C=O) groups excluding carboxylic acids is 1. The van der Waals surface area contributed by atoms with E-state index in [2.05, 4.69) is 37.2 Å². The molecule has 0 atom stereocenters. The summed E-state index contributed by atoms with van der Waals surface area (Å²) in [6.07, 6.45) is 1.01. The van der Waals surface area contributed by atoms with E-state index in [0.29, 0.717) is 24.3 Å². The fraction of sp³-hybridized carbons (Fsp3) is 0.462. The largest absolute Gasteiger partial charge is 0.495 e. The molecule has 0 saturated heterocycles. The molecule has 0 aliphatic heterocycles. The van der Waals surface area contributed by atoms with Crippen LogP contribution < -0.4 is 15.8 Å². The fourth-order valence-electron chi connectivity index (χ4n) is 1.43. The predicted octanol–water partition coefficient (Wildman–Crippen LogP) is 3.68. The third kappa shape index (κ3) is 5.50. The van der Waals surface area contributed by atoms with Crippen LogP contribution in [0.15, 0.2) is 21.1 Å². The van der Waals surface area contributed by atoms with Crippen molar-refractivity contribution in [3.8, 4) is 5.75 Å². The van der Waals surface area contributed by atoms with Gasteiger partial charge in [0.1, 0.15) is 5.75 Å². The Labute approximate surface area is 130 Å². The minimum atomic E-state index is -0.341. The Hall–Kier alpha value is -0.590. The molecule has 0 aromatic heterocycles. The first-order chi connectivity index (χ1) is 8.73. The summed E-state index contributed by atoms with van der Waals surface area (Å²) in [7, 11) is 1.58. The maximum Gasteiger partial charge on any atom is 0.224 e. The van der Waals surface area contributed by atoms with Gasteiger partial charge in [0.15, 0.2) is 0 Å². The summed E-state index contributed by atoms with van der Waals surface area (Å²) < 4.78 is 6.81. The van der Waals surface area contributed by atoms with E-state index in [1.807, 2.05) is 19.9 Å². The van der Waals surface area contributed by atoms with E-state index in [4.69, 9.17) is 10.5 Å². The van der Waals surface area contributed by atoms with Crippen molar-refractivity contribution < 1.29 is 9.53 Å². The highest BCUT2D eigenvalue weighted by Gasteiger charge is 2.15. The molecule has 4 nitrogen and oxygen atoms in total. The van der Waals surface area contributed by atoms with Crippen molar-refractivity contribution in [2.24, 2.45) is 5.73 Å². The average molecular weight is 394 g/mol. The molecule has 6 heteroatoms. The summed E-state index contributed by atoms with van der Waals surface area (Å²) in [6.45, 7) is 3.80. The first-order valence-corrected chi connectivity index (χ1v) is 7.43. The molecule has 1 aromatic carbocycles. The van der Waals surface area contributed by atoms with Crippen molar-refractivity contribution in [1.82, 2.24) is 0 Å². The maximum atomic E-state index is 11.9. The number of benzene rings is 1. The molecule has 0 saturated carbocycles. The van der Waals surface area contributed by atoms with E-state index in [9.17, 15) is 4.79 Å². The minimum absolute atomic E-state index is 0.0661. The van der Waals surface area contributed by atoms with Gasteiger partial charge in [-0.1, -0.05) is 0 Å². The van der Waals surface area contributed by atoms with Gasteiger partial charge in [-0.15, -0.1) is 0 Å². The Bertz CT molecular complexity index is 470. The Morgan fingerprint density at radius 1 is 1.37 bits per heavy atom. The van der Waals surface area contributed by atoms with E-state index >= 15 is 0 Å². The van der Waals surface area contributed by atoms with E-state index in [1.165, 1.54) is 0 Å². The van der Waals surface area contributed by atoms with Crippen molar-refractivity contribution in [3.63, 3.8) is 0 Å². The minimum Gasteiger partial charge on any atom is -0.495 e. The molecule has 0 heterocycles. The predicted molar refractivity (Wildman–Crippen MR) is 84.5 cm³/mol. The topological polar surface area (TPSA) is 64.3 Å². The van der Waals surface area contributed by atoms with Gasteiger partial charge in [0.05, 0.1) is 17.3 Å². The lowest BCUT2D eigenvalue weighted by atomic mass is 10.00. The summed E-state index contributed by atoms with van der Waals surface area (Å²) in [4.78, 5) is 11.9. The number of nitrogens with two attached hydrogens (primary N) is 1. The monoisotopic (exact) mass is 392 g/mol. The molecule has 19 heavy (non-hydrogen) atoms. The molecule has 0 spiro atoms. The highest BCUT2D eigenvalue weighted by molar-refractivity contribution is 9.11. The van der Waals surface area contributed by atoms with E-state index in [0.717, 1.165) is 8.95 Å². The van der Waals surface area contributed by atoms with Gasteiger partial charge in [-0.3, -0.25) is 4.79 Å². The zero-order chi connectivity index (χ0) is 14.6. The lowest BCUT2D eigenvalue weighted by Crippen LogP contribution is -2.33. The summed E-state index contributed by atoms with van der Waals surface area (Å²) in [5, 5.41) is 2.84. The van der Waals surface area contributed by atoms with Crippen LogP contribution in [0.1, 0.15) is 26.7 Å². The molecular formula is C13H18Br2N2O2. The van der Waals surface area contributed by atoms with Gasteiger partial charge in [0.2, 0.25) is 5.91 Å². The Morgan fingerprint density at radius 2 is 2.00 bits per heavy atom. The normalized spacial score (nSPS) is 11.3. The van der Waals surface area contributed by atoms with Gasteiger partial charge < -0.3 is 15.8 Å². The number of hydrogen-bond acceptors (Lipinski definition) is 3. The summed E-state index contributed by atoms with van der Waals surface area (Å²) in [5.41, 5.74) is 6.20. The van der Waals surface area contributed by atoms with Crippen LogP contribution in [0.5, 0.6) is 5.75 Å².